The van der Waals surface area contributed by atoms with E-state index < -0.39 is 11.6 Å². The SMILES string of the molecule is C=CCc1csc(-c2c(Cl)c(F)c(Br)c3nsnc23)c1.Fc1c(Cl)c(Br)c2nsnc2c1Br. The van der Waals surface area contributed by atoms with Gasteiger partial charge in [0, 0.05) is 10.4 Å². The Morgan fingerprint density at radius 1 is 0.848 bits per heavy atom. The molecule has 4 nitrogen and oxygen atoms in total. The van der Waals surface area contributed by atoms with Crippen molar-refractivity contribution in [2.45, 2.75) is 6.42 Å². The zero-order valence-electron chi connectivity index (χ0n) is 15.8. The lowest BCUT2D eigenvalue weighted by molar-refractivity contribution is 0.622. The van der Waals surface area contributed by atoms with E-state index in [0.717, 1.165) is 40.3 Å². The normalized spacial score (nSPS) is 11.1. The highest BCUT2D eigenvalue weighted by atomic mass is 79.9. The van der Waals surface area contributed by atoms with Crippen molar-refractivity contribution in [3.63, 3.8) is 0 Å². The summed E-state index contributed by atoms with van der Waals surface area (Å²) in [7, 11) is 0. The minimum atomic E-state index is -0.520. The van der Waals surface area contributed by atoms with Gasteiger partial charge in [-0.05, 0) is 71.2 Å². The molecule has 0 aliphatic rings. The van der Waals surface area contributed by atoms with E-state index in [-0.39, 0.29) is 19.0 Å². The van der Waals surface area contributed by atoms with Gasteiger partial charge < -0.3 is 0 Å². The number of nitrogens with zero attached hydrogens (tertiary/aromatic N) is 4. The minimum absolute atomic E-state index is 0.0204. The van der Waals surface area contributed by atoms with Crippen molar-refractivity contribution in [1.29, 1.82) is 0 Å². The Bertz CT molecular complexity index is 1480. The maximum absolute atomic E-state index is 14.2. The van der Waals surface area contributed by atoms with Gasteiger partial charge in [0.2, 0.25) is 0 Å². The molecule has 0 amide bonds. The third-order valence-corrected chi connectivity index (χ3v) is 9.51. The Morgan fingerprint density at radius 2 is 1.36 bits per heavy atom. The van der Waals surface area contributed by atoms with E-state index in [1.54, 1.807) is 0 Å². The second-order valence-electron chi connectivity index (χ2n) is 6.31. The molecule has 14 heteroatoms. The van der Waals surface area contributed by atoms with Crippen LogP contribution in [0.2, 0.25) is 10.0 Å². The van der Waals surface area contributed by atoms with Crippen LogP contribution in [-0.2, 0) is 6.42 Å². The Balaban J connectivity index is 0.000000172. The van der Waals surface area contributed by atoms with E-state index in [9.17, 15) is 8.78 Å². The maximum atomic E-state index is 14.2. The molecule has 0 atom stereocenters. The van der Waals surface area contributed by atoms with Gasteiger partial charge in [-0.3, -0.25) is 0 Å². The molecule has 3 heterocycles. The van der Waals surface area contributed by atoms with Crippen LogP contribution in [0.3, 0.4) is 0 Å². The number of halogens is 7. The summed E-state index contributed by atoms with van der Waals surface area (Å²) in [5, 5.41) is 2.11. The molecule has 0 saturated carbocycles. The molecular formula is C19H7Br3Cl2F2N4S3. The van der Waals surface area contributed by atoms with Crippen molar-refractivity contribution in [3.05, 3.63) is 64.8 Å². The van der Waals surface area contributed by atoms with Crippen molar-refractivity contribution in [1.82, 2.24) is 17.5 Å². The highest BCUT2D eigenvalue weighted by Crippen LogP contribution is 2.43. The second-order valence-corrected chi connectivity index (χ2v) is 11.4. The second kappa shape index (κ2) is 10.6. The molecule has 0 saturated heterocycles. The first kappa shape index (κ1) is 25.5. The summed E-state index contributed by atoms with van der Waals surface area (Å²) in [4.78, 5) is 0.885. The van der Waals surface area contributed by atoms with Gasteiger partial charge in [-0.25, -0.2) is 8.78 Å². The molecule has 0 radical (unpaired) electrons. The quantitative estimate of drug-likeness (QED) is 0.105. The van der Waals surface area contributed by atoms with E-state index in [1.807, 2.05) is 17.5 Å². The van der Waals surface area contributed by atoms with Gasteiger partial charge in [0.05, 0.1) is 46.9 Å². The molecule has 0 N–H and O–H groups in total. The van der Waals surface area contributed by atoms with Crippen LogP contribution >= 0.6 is 106 Å². The third kappa shape index (κ3) is 4.77. The summed E-state index contributed by atoms with van der Waals surface area (Å²) in [6.45, 7) is 3.71. The monoisotopic (exact) mass is 732 g/mol. The van der Waals surface area contributed by atoms with Crippen molar-refractivity contribution in [3.8, 4) is 10.4 Å². The average Bonchev–Trinajstić information content (AvgIpc) is 3.57. The molecule has 0 aliphatic heterocycles. The summed E-state index contributed by atoms with van der Waals surface area (Å²) < 4.78 is 44.8. The van der Waals surface area contributed by atoms with Crippen LogP contribution in [0.5, 0.6) is 0 Å². The largest absolute Gasteiger partial charge is 0.204 e. The van der Waals surface area contributed by atoms with Crippen molar-refractivity contribution in [2.24, 2.45) is 0 Å². The molecular weight excluding hydrogens is 729 g/mol. The summed E-state index contributed by atoms with van der Waals surface area (Å²) >= 11 is 24.9. The molecule has 0 fully saturated rings. The summed E-state index contributed by atoms with van der Waals surface area (Å²) in [6.07, 6.45) is 2.60. The van der Waals surface area contributed by atoms with Crippen molar-refractivity contribution < 1.29 is 8.78 Å². The maximum Gasteiger partial charge on any atom is 0.159 e. The first-order valence-electron chi connectivity index (χ1n) is 8.67. The lowest BCUT2D eigenvalue weighted by Gasteiger charge is -2.05. The van der Waals surface area contributed by atoms with Crippen LogP contribution < -0.4 is 0 Å². The van der Waals surface area contributed by atoms with Crippen molar-refractivity contribution in [2.75, 3.05) is 0 Å². The average molecular weight is 736 g/mol. The van der Waals surface area contributed by atoms with E-state index >= 15 is 0 Å². The van der Waals surface area contributed by atoms with Gasteiger partial charge in [0.25, 0.3) is 0 Å². The van der Waals surface area contributed by atoms with Crippen LogP contribution in [-0.4, -0.2) is 17.5 Å². The molecule has 5 rings (SSSR count). The molecule has 0 bridgehead atoms. The number of allylic oxidation sites excluding steroid dienone is 1. The zero-order chi connectivity index (χ0) is 23.9. The Morgan fingerprint density at radius 3 is 1.97 bits per heavy atom. The summed E-state index contributed by atoms with van der Waals surface area (Å²) in [5.41, 5.74) is 3.92. The minimum Gasteiger partial charge on any atom is -0.204 e. The zero-order valence-corrected chi connectivity index (χ0v) is 24.5. The molecule has 0 unspecified atom stereocenters. The number of rotatable bonds is 3. The molecule has 3 aromatic heterocycles. The standard InChI is InChI=1S/C13H7BrClFN2S2.C6Br2ClFN2S/c1-2-3-6-4-7(19-5-6)8-10(15)11(16)9(14)13-12(8)17-20-18-13;7-1-3(9)4(10)2(8)6-5(1)11-13-12-6/h2,4-5H,1,3H2;. The first-order chi connectivity index (χ1) is 15.8. The number of thiophene rings is 1. The third-order valence-electron chi connectivity index (χ3n) is 4.30. The Labute approximate surface area is 233 Å². The van der Waals surface area contributed by atoms with Gasteiger partial charge in [-0.1, -0.05) is 29.3 Å². The van der Waals surface area contributed by atoms with Crippen LogP contribution in [0.1, 0.15) is 5.56 Å². The van der Waals surface area contributed by atoms with Gasteiger partial charge in [-0.2, -0.15) is 17.5 Å². The highest BCUT2D eigenvalue weighted by molar-refractivity contribution is 9.11. The predicted octanol–water partition coefficient (Wildman–Crippen LogP) is 9.71. The van der Waals surface area contributed by atoms with E-state index in [1.165, 1.54) is 11.3 Å². The van der Waals surface area contributed by atoms with Gasteiger partial charge in [0.15, 0.2) is 11.6 Å². The van der Waals surface area contributed by atoms with Gasteiger partial charge in [0.1, 0.15) is 22.1 Å². The molecule has 2 aromatic carbocycles. The van der Waals surface area contributed by atoms with Crippen molar-refractivity contribution >= 4 is 128 Å². The number of hydrogen-bond acceptors (Lipinski definition) is 7. The predicted molar refractivity (Wildman–Crippen MR) is 145 cm³/mol. The number of fused-ring (bicyclic) bond motifs is 2. The molecule has 170 valence electrons. The highest BCUT2D eigenvalue weighted by Gasteiger charge is 2.22. The number of aromatic nitrogens is 4. The smallest absolute Gasteiger partial charge is 0.159 e. The summed E-state index contributed by atoms with van der Waals surface area (Å²) in [5.74, 6) is -1.02. The van der Waals surface area contributed by atoms with Crippen LogP contribution in [0, 0.1) is 11.6 Å². The molecule has 5 aromatic rings. The van der Waals surface area contributed by atoms with E-state index in [0.29, 0.717) is 32.1 Å². The van der Waals surface area contributed by atoms with E-state index in [4.69, 9.17) is 23.2 Å². The first-order valence-corrected chi connectivity index (χ1v) is 14.1. The van der Waals surface area contributed by atoms with Gasteiger partial charge >= 0.3 is 0 Å². The molecule has 33 heavy (non-hydrogen) atoms. The number of hydrogen-bond donors (Lipinski definition) is 0. The lowest BCUT2D eigenvalue weighted by Crippen LogP contribution is -1.88. The van der Waals surface area contributed by atoms with Crippen LogP contribution in [0.15, 0.2) is 37.5 Å². The fourth-order valence-corrected chi connectivity index (χ4v) is 7.40. The van der Waals surface area contributed by atoms with E-state index in [2.05, 4.69) is 71.9 Å². The fourth-order valence-electron chi connectivity index (χ4n) is 2.79. The Hall–Kier alpha value is -0.600. The number of benzene rings is 2. The lowest BCUT2D eigenvalue weighted by atomic mass is 10.1. The molecule has 0 spiro atoms. The fraction of sp³-hybridized carbons (Fsp3) is 0.0526. The topological polar surface area (TPSA) is 51.6 Å². The molecule has 0 aliphatic carbocycles. The van der Waals surface area contributed by atoms with Crippen LogP contribution in [0.4, 0.5) is 8.78 Å². The van der Waals surface area contributed by atoms with Crippen LogP contribution in [0.25, 0.3) is 32.5 Å². The van der Waals surface area contributed by atoms with Gasteiger partial charge in [-0.15, -0.1) is 17.9 Å². The Kier molecular flexibility index (Phi) is 8.16. The summed E-state index contributed by atoms with van der Waals surface area (Å²) in [6, 6.07) is 1.99.